The Morgan fingerprint density at radius 2 is 2.24 bits per heavy atom. The van der Waals surface area contributed by atoms with E-state index in [9.17, 15) is 9.90 Å². The van der Waals surface area contributed by atoms with E-state index in [2.05, 4.69) is 0 Å². The van der Waals surface area contributed by atoms with Crippen LogP contribution in [0.5, 0.6) is 0 Å². The van der Waals surface area contributed by atoms with Gasteiger partial charge < -0.3 is 19.2 Å². The number of benzene rings is 1. The van der Waals surface area contributed by atoms with Gasteiger partial charge in [-0.3, -0.25) is 4.79 Å². The molecule has 0 radical (unpaired) electrons. The molecular formula is C16H19NO4. The minimum Gasteiger partial charge on any atom is -0.457 e. The Hall–Kier alpha value is -2.11. The van der Waals surface area contributed by atoms with Gasteiger partial charge in [0.2, 0.25) is 5.91 Å². The Morgan fingerprint density at radius 1 is 1.48 bits per heavy atom. The second-order valence-electron chi connectivity index (χ2n) is 4.85. The average molecular weight is 289 g/mol. The summed E-state index contributed by atoms with van der Waals surface area (Å²) in [6.45, 7) is 0.419. The van der Waals surface area contributed by atoms with E-state index in [1.54, 1.807) is 13.1 Å². The summed E-state index contributed by atoms with van der Waals surface area (Å²) < 4.78 is 10.4. The van der Waals surface area contributed by atoms with Crippen molar-refractivity contribution in [1.82, 2.24) is 4.90 Å². The van der Waals surface area contributed by atoms with Crippen LogP contribution in [0.1, 0.15) is 5.76 Å². The number of rotatable bonds is 6. The number of nitrogens with zero attached hydrogens (tertiary/aromatic N) is 1. The molecule has 0 aliphatic carbocycles. The molecule has 5 nitrogen and oxygen atoms in total. The third-order valence-corrected chi connectivity index (χ3v) is 3.05. The van der Waals surface area contributed by atoms with Crippen molar-refractivity contribution in [3.8, 4) is 0 Å². The molecule has 0 fully saturated rings. The molecule has 5 heteroatoms. The molecule has 0 bridgehead atoms. The van der Waals surface area contributed by atoms with E-state index in [4.69, 9.17) is 9.15 Å². The molecule has 112 valence electrons. The fourth-order valence-corrected chi connectivity index (χ4v) is 2.02. The third-order valence-electron chi connectivity index (χ3n) is 3.05. The fourth-order valence-electron chi connectivity index (χ4n) is 2.02. The summed E-state index contributed by atoms with van der Waals surface area (Å²) in [6.07, 6.45) is 2.36. The van der Waals surface area contributed by atoms with Gasteiger partial charge in [-0.2, -0.15) is 0 Å². The molecule has 1 atom stereocenters. The van der Waals surface area contributed by atoms with Crippen LogP contribution in [0.15, 0.2) is 40.8 Å². The van der Waals surface area contributed by atoms with Crippen LogP contribution in [0.2, 0.25) is 0 Å². The first-order valence-corrected chi connectivity index (χ1v) is 6.69. The molecule has 1 unspecified atom stereocenters. The van der Waals surface area contributed by atoms with Gasteiger partial charge in [-0.15, -0.1) is 0 Å². The highest BCUT2D eigenvalue weighted by Gasteiger charge is 2.11. The lowest BCUT2D eigenvalue weighted by Gasteiger charge is -2.18. The highest BCUT2D eigenvalue weighted by Crippen LogP contribution is 2.19. The van der Waals surface area contributed by atoms with Crippen LogP contribution < -0.4 is 0 Å². The summed E-state index contributed by atoms with van der Waals surface area (Å²) in [6, 6.07) is 9.53. The first kappa shape index (κ1) is 15.3. The number of fused-ring (bicyclic) bond motifs is 1. The van der Waals surface area contributed by atoms with Crippen LogP contribution in [-0.4, -0.2) is 49.3 Å². The second kappa shape index (κ2) is 7.06. The van der Waals surface area contributed by atoms with Crippen molar-refractivity contribution in [2.24, 2.45) is 0 Å². The zero-order valence-corrected chi connectivity index (χ0v) is 12.2. The number of likely N-dealkylation sites (N-methyl/N-ethyl adjacent to an activating group) is 1. The second-order valence-corrected chi connectivity index (χ2v) is 4.85. The van der Waals surface area contributed by atoms with Gasteiger partial charge >= 0.3 is 0 Å². The molecule has 0 aliphatic heterocycles. The SMILES string of the molecule is COCC(O)CN(C)C(=O)C=Cc1cc2ccccc2o1. The Bertz CT molecular complexity index is 599. The largest absolute Gasteiger partial charge is 0.457 e. The topological polar surface area (TPSA) is 62.9 Å². The van der Waals surface area contributed by atoms with Crippen molar-refractivity contribution in [3.05, 3.63) is 42.2 Å². The van der Waals surface area contributed by atoms with E-state index in [-0.39, 0.29) is 19.1 Å². The van der Waals surface area contributed by atoms with Gasteiger partial charge in [0.1, 0.15) is 11.3 Å². The molecule has 2 aromatic rings. The number of methoxy groups -OCH3 is 1. The average Bonchev–Trinajstić information content (AvgIpc) is 2.87. The first-order valence-electron chi connectivity index (χ1n) is 6.69. The monoisotopic (exact) mass is 289 g/mol. The summed E-state index contributed by atoms with van der Waals surface area (Å²) in [5, 5.41) is 10.6. The van der Waals surface area contributed by atoms with E-state index in [1.807, 2.05) is 30.3 Å². The number of furan rings is 1. The Morgan fingerprint density at radius 3 is 2.95 bits per heavy atom. The number of ether oxygens (including phenoxy) is 1. The van der Waals surface area contributed by atoms with Crippen LogP contribution in [0.25, 0.3) is 17.0 Å². The number of aliphatic hydroxyl groups is 1. The minimum atomic E-state index is -0.691. The highest BCUT2D eigenvalue weighted by atomic mass is 16.5. The molecular weight excluding hydrogens is 270 g/mol. The quantitative estimate of drug-likeness (QED) is 0.825. The molecule has 0 saturated carbocycles. The Labute approximate surface area is 123 Å². The molecule has 1 aromatic carbocycles. The molecule has 1 N–H and O–H groups in total. The predicted molar refractivity (Wildman–Crippen MR) is 80.8 cm³/mol. The van der Waals surface area contributed by atoms with Crippen molar-refractivity contribution in [2.75, 3.05) is 27.3 Å². The van der Waals surface area contributed by atoms with Gasteiger partial charge in [-0.05, 0) is 18.2 Å². The lowest BCUT2D eigenvalue weighted by molar-refractivity contribution is -0.126. The third kappa shape index (κ3) is 4.18. The van der Waals surface area contributed by atoms with Crippen LogP contribution in [0.4, 0.5) is 0 Å². The molecule has 0 spiro atoms. The molecule has 0 aliphatic rings. The van der Waals surface area contributed by atoms with Gasteiger partial charge in [-0.25, -0.2) is 0 Å². The highest BCUT2D eigenvalue weighted by molar-refractivity contribution is 5.92. The fraction of sp³-hybridized carbons (Fsp3) is 0.312. The summed E-state index contributed by atoms with van der Waals surface area (Å²) in [5.41, 5.74) is 0.786. The lowest BCUT2D eigenvalue weighted by Crippen LogP contribution is -2.35. The van der Waals surface area contributed by atoms with Gasteiger partial charge in [0.25, 0.3) is 0 Å². The van der Waals surface area contributed by atoms with Gasteiger partial charge in [0.15, 0.2) is 0 Å². The van der Waals surface area contributed by atoms with E-state index in [1.165, 1.54) is 18.1 Å². The first-order chi connectivity index (χ1) is 10.1. The Kier molecular flexibility index (Phi) is 5.14. The number of para-hydroxylation sites is 1. The van der Waals surface area contributed by atoms with Gasteiger partial charge in [0.05, 0.1) is 12.7 Å². The number of aliphatic hydroxyl groups excluding tert-OH is 1. The van der Waals surface area contributed by atoms with E-state index in [0.717, 1.165) is 11.0 Å². The zero-order valence-electron chi connectivity index (χ0n) is 12.2. The van der Waals surface area contributed by atoms with Crippen molar-refractivity contribution < 1.29 is 19.1 Å². The standard InChI is InChI=1S/C16H19NO4/c1-17(10-13(18)11-20-2)16(19)8-7-14-9-12-5-3-4-6-15(12)21-14/h3-9,13,18H,10-11H2,1-2H3. The molecule has 1 amide bonds. The van der Waals surface area contributed by atoms with E-state index < -0.39 is 6.10 Å². The van der Waals surface area contributed by atoms with E-state index >= 15 is 0 Å². The molecule has 2 rings (SSSR count). The Balaban J connectivity index is 1.97. The number of amides is 1. The molecule has 21 heavy (non-hydrogen) atoms. The minimum absolute atomic E-state index is 0.199. The van der Waals surface area contributed by atoms with Crippen molar-refractivity contribution in [2.45, 2.75) is 6.10 Å². The molecule has 0 saturated heterocycles. The van der Waals surface area contributed by atoms with Crippen LogP contribution in [-0.2, 0) is 9.53 Å². The van der Waals surface area contributed by atoms with Crippen molar-refractivity contribution in [3.63, 3.8) is 0 Å². The van der Waals surface area contributed by atoms with E-state index in [0.29, 0.717) is 5.76 Å². The van der Waals surface area contributed by atoms with Crippen LogP contribution in [0.3, 0.4) is 0 Å². The van der Waals surface area contributed by atoms with Gasteiger partial charge in [0, 0.05) is 32.2 Å². The summed E-state index contributed by atoms with van der Waals surface area (Å²) in [5.74, 6) is 0.418. The lowest BCUT2D eigenvalue weighted by atomic mass is 10.2. The number of hydrogen-bond donors (Lipinski definition) is 1. The normalized spacial score (nSPS) is 12.9. The van der Waals surface area contributed by atoms with Gasteiger partial charge in [-0.1, -0.05) is 18.2 Å². The maximum atomic E-state index is 11.9. The van der Waals surface area contributed by atoms with Crippen molar-refractivity contribution in [1.29, 1.82) is 0 Å². The number of carbonyl (C=O) groups excluding carboxylic acids is 1. The predicted octanol–water partition coefficient (Wildman–Crippen LogP) is 1.91. The maximum absolute atomic E-state index is 11.9. The number of hydrogen-bond acceptors (Lipinski definition) is 4. The maximum Gasteiger partial charge on any atom is 0.246 e. The zero-order chi connectivity index (χ0) is 15.2. The summed E-state index contributed by atoms with van der Waals surface area (Å²) in [7, 11) is 3.14. The van der Waals surface area contributed by atoms with Crippen LogP contribution >= 0.6 is 0 Å². The summed E-state index contributed by atoms with van der Waals surface area (Å²) in [4.78, 5) is 13.4. The van der Waals surface area contributed by atoms with Crippen LogP contribution in [0, 0.1) is 0 Å². The summed E-state index contributed by atoms with van der Waals surface area (Å²) >= 11 is 0. The smallest absolute Gasteiger partial charge is 0.246 e. The van der Waals surface area contributed by atoms with Crippen molar-refractivity contribution >= 4 is 23.0 Å². The number of carbonyl (C=O) groups is 1. The molecule has 1 aromatic heterocycles. The molecule has 1 heterocycles.